The molecular formula is C27H51O6PS. The zero-order chi connectivity index (χ0) is 25.8. The Labute approximate surface area is 221 Å². The van der Waals surface area contributed by atoms with Crippen molar-refractivity contribution in [1.29, 1.82) is 0 Å². The quantitative estimate of drug-likeness (QED) is 0.0493. The summed E-state index contributed by atoms with van der Waals surface area (Å²) in [7, 11) is -0.486. The number of esters is 2. The standard InChI is InChI=1S/C27H51O6PS/c1-2-3-4-14-18-21-27(29)33-25(24-32-34-30)23-31-26(28)20-17-15-12-10-8-6-5-7-9-11-13-16-19-22-35/h25,35H,2-24H2,1H3/t25-/m0/s1. The lowest BCUT2D eigenvalue weighted by molar-refractivity contribution is -0.160. The zero-order valence-electron chi connectivity index (χ0n) is 22.2. The third-order valence-electron chi connectivity index (χ3n) is 6.06. The van der Waals surface area contributed by atoms with E-state index in [9.17, 15) is 14.2 Å². The maximum atomic E-state index is 12.0. The van der Waals surface area contributed by atoms with Crippen LogP contribution in [0.1, 0.15) is 135 Å². The van der Waals surface area contributed by atoms with Gasteiger partial charge in [0, 0.05) is 12.8 Å². The molecule has 0 bridgehead atoms. The Morgan fingerprint density at radius 1 is 0.657 bits per heavy atom. The number of ether oxygens (including phenoxy) is 2. The molecule has 0 amide bonds. The molecule has 0 rings (SSSR count). The maximum absolute atomic E-state index is 12.0. The van der Waals surface area contributed by atoms with Crippen molar-refractivity contribution in [1.82, 2.24) is 0 Å². The van der Waals surface area contributed by atoms with E-state index < -0.39 is 14.8 Å². The third-order valence-corrected chi connectivity index (χ3v) is 6.64. The molecule has 0 N–H and O–H groups in total. The fraction of sp³-hybridized carbons (Fsp3) is 0.926. The van der Waals surface area contributed by atoms with Crippen LogP contribution >= 0.6 is 21.3 Å². The van der Waals surface area contributed by atoms with E-state index >= 15 is 0 Å². The number of carbonyl (C=O) groups is 2. The van der Waals surface area contributed by atoms with E-state index in [-0.39, 0.29) is 25.2 Å². The minimum Gasteiger partial charge on any atom is -0.462 e. The van der Waals surface area contributed by atoms with Gasteiger partial charge in [0.25, 0.3) is 0 Å². The predicted octanol–water partition coefficient (Wildman–Crippen LogP) is 8.42. The molecule has 206 valence electrons. The van der Waals surface area contributed by atoms with E-state index in [0.29, 0.717) is 12.8 Å². The number of hydrogen-bond donors (Lipinski definition) is 1. The highest BCUT2D eigenvalue weighted by Crippen LogP contribution is 2.14. The van der Waals surface area contributed by atoms with Gasteiger partial charge in [-0.2, -0.15) is 12.6 Å². The van der Waals surface area contributed by atoms with Crippen molar-refractivity contribution in [3.8, 4) is 0 Å². The first-order valence-electron chi connectivity index (χ1n) is 14.0. The first-order chi connectivity index (χ1) is 17.1. The molecule has 0 saturated heterocycles. The second-order valence-corrected chi connectivity index (χ2v) is 10.3. The van der Waals surface area contributed by atoms with Crippen LogP contribution in [0.15, 0.2) is 0 Å². The van der Waals surface area contributed by atoms with Crippen molar-refractivity contribution in [2.75, 3.05) is 19.0 Å². The van der Waals surface area contributed by atoms with Crippen molar-refractivity contribution in [3.05, 3.63) is 0 Å². The molecule has 6 nitrogen and oxygen atoms in total. The number of carbonyl (C=O) groups excluding carboxylic acids is 2. The van der Waals surface area contributed by atoms with Gasteiger partial charge in [-0.05, 0) is 25.0 Å². The summed E-state index contributed by atoms with van der Waals surface area (Å²) < 4.78 is 26.0. The molecule has 0 heterocycles. The molecule has 0 spiro atoms. The van der Waals surface area contributed by atoms with Crippen molar-refractivity contribution in [3.63, 3.8) is 0 Å². The number of rotatable bonds is 27. The highest BCUT2D eigenvalue weighted by Gasteiger charge is 2.17. The van der Waals surface area contributed by atoms with E-state index in [4.69, 9.17) is 14.0 Å². The molecule has 0 saturated carbocycles. The normalized spacial score (nSPS) is 12.1. The number of unbranched alkanes of at least 4 members (excludes halogenated alkanes) is 16. The largest absolute Gasteiger partial charge is 0.462 e. The summed E-state index contributed by atoms with van der Waals surface area (Å²) in [6, 6.07) is 0. The SMILES string of the molecule is CCCCCCCC(=O)O[C@H](COP=O)COC(=O)CCCCCCCCCCCCCCCS. The molecule has 0 aromatic heterocycles. The molecule has 8 heteroatoms. The lowest BCUT2D eigenvalue weighted by Gasteiger charge is -2.16. The molecule has 0 aromatic carbocycles. The van der Waals surface area contributed by atoms with Crippen LogP contribution in [0.2, 0.25) is 0 Å². The van der Waals surface area contributed by atoms with E-state index in [2.05, 4.69) is 19.6 Å². The van der Waals surface area contributed by atoms with Crippen LogP contribution < -0.4 is 0 Å². The minimum atomic E-state index is -0.725. The summed E-state index contributed by atoms with van der Waals surface area (Å²) in [5.74, 6) is 0.384. The van der Waals surface area contributed by atoms with Crippen LogP contribution in [-0.4, -0.2) is 37.0 Å². The van der Waals surface area contributed by atoms with E-state index in [0.717, 1.165) is 50.7 Å². The summed E-state index contributed by atoms with van der Waals surface area (Å²) >= 11 is 4.24. The number of hydrogen-bond acceptors (Lipinski definition) is 7. The van der Waals surface area contributed by atoms with Crippen LogP contribution in [0.5, 0.6) is 0 Å². The summed E-state index contributed by atoms with van der Waals surface area (Å²) in [5.41, 5.74) is 0. The van der Waals surface area contributed by atoms with Gasteiger partial charge in [-0.25, -0.2) is 4.57 Å². The Morgan fingerprint density at radius 2 is 1.11 bits per heavy atom. The Balaban J connectivity index is 3.72. The third kappa shape index (κ3) is 26.2. The summed E-state index contributed by atoms with van der Waals surface area (Å²) in [6.45, 7) is 2.02. The Morgan fingerprint density at radius 3 is 1.60 bits per heavy atom. The maximum Gasteiger partial charge on any atom is 0.327 e. The molecule has 0 aliphatic carbocycles. The summed E-state index contributed by atoms with van der Waals surface area (Å²) in [5, 5.41) is 0. The van der Waals surface area contributed by atoms with Crippen molar-refractivity contribution in [2.45, 2.75) is 141 Å². The summed E-state index contributed by atoms with van der Waals surface area (Å²) in [6.07, 6.45) is 21.3. The molecule has 0 unspecified atom stereocenters. The molecular weight excluding hydrogens is 483 g/mol. The molecule has 0 aliphatic heterocycles. The van der Waals surface area contributed by atoms with Crippen LogP contribution in [0.3, 0.4) is 0 Å². The Kier molecular flexibility index (Phi) is 27.4. The van der Waals surface area contributed by atoms with Gasteiger partial charge in [0.15, 0.2) is 6.10 Å². The zero-order valence-corrected chi connectivity index (χ0v) is 24.0. The van der Waals surface area contributed by atoms with Crippen molar-refractivity contribution >= 4 is 33.3 Å². The van der Waals surface area contributed by atoms with Gasteiger partial charge in [-0.3, -0.25) is 14.1 Å². The van der Waals surface area contributed by atoms with E-state index in [1.165, 1.54) is 70.6 Å². The van der Waals surface area contributed by atoms with Gasteiger partial charge in [0.2, 0.25) is 0 Å². The average molecular weight is 535 g/mol. The second kappa shape index (κ2) is 27.9. The van der Waals surface area contributed by atoms with Gasteiger partial charge < -0.3 is 9.47 Å². The van der Waals surface area contributed by atoms with Crippen molar-refractivity contribution in [2.24, 2.45) is 0 Å². The molecule has 35 heavy (non-hydrogen) atoms. The van der Waals surface area contributed by atoms with Gasteiger partial charge in [0.1, 0.15) is 13.2 Å². The molecule has 0 fully saturated rings. The lowest BCUT2D eigenvalue weighted by Crippen LogP contribution is -2.28. The minimum absolute atomic E-state index is 0.0595. The molecule has 0 aromatic rings. The molecule has 1 atom stereocenters. The number of thiol groups is 1. The van der Waals surface area contributed by atoms with Crippen LogP contribution in [0.4, 0.5) is 0 Å². The van der Waals surface area contributed by atoms with Crippen LogP contribution in [0.25, 0.3) is 0 Å². The monoisotopic (exact) mass is 534 g/mol. The Hall–Kier alpha value is -0.650. The fourth-order valence-corrected chi connectivity index (χ4v) is 4.38. The van der Waals surface area contributed by atoms with Gasteiger partial charge in [-0.1, -0.05) is 103 Å². The highest BCUT2D eigenvalue weighted by molar-refractivity contribution is 7.80. The van der Waals surface area contributed by atoms with Gasteiger partial charge >= 0.3 is 20.6 Å². The van der Waals surface area contributed by atoms with E-state index in [1.807, 2.05) is 0 Å². The molecule has 0 radical (unpaired) electrons. The highest BCUT2D eigenvalue weighted by atomic mass is 32.1. The Bertz CT molecular complexity index is 506. The topological polar surface area (TPSA) is 78.9 Å². The molecule has 0 aliphatic rings. The van der Waals surface area contributed by atoms with Crippen molar-refractivity contribution < 1.29 is 28.2 Å². The lowest BCUT2D eigenvalue weighted by atomic mass is 10.0. The van der Waals surface area contributed by atoms with Gasteiger partial charge in [0.05, 0.1) is 0 Å². The van der Waals surface area contributed by atoms with E-state index in [1.54, 1.807) is 0 Å². The summed E-state index contributed by atoms with van der Waals surface area (Å²) in [4.78, 5) is 24.0. The predicted molar refractivity (Wildman–Crippen MR) is 146 cm³/mol. The first-order valence-corrected chi connectivity index (χ1v) is 15.4. The van der Waals surface area contributed by atoms with Crippen LogP contribution in [-0.2, 0) is 28.2 Å². The smallest absolute Gasteiger partial charge is 0.327 e. The van der Waals surface area contributed by atoms with Gasteiger partial charge in [-0.15, -0.1) is 0 Å². The first kappa shape index (κ1) is 34.4. The fourth-order valence-electron chi connectivity index (χ4n) is 3.93. The average Bonchev–Trinajstić information content (AvgIpc) is 2.85. The second-order valence-electron chi connectivity index (χ2n) is 9.40. The van der Waals surface area contributed by atoms with Crippen LogP contribution in [0, 0.1) is 0 Å².